The van der Waals surface area contributed by atoms with Crippen LogP contribution in [0.25, 0.3) is 0 Å². The Morgan fingerprint density at radius 3 is 2.83 bits per heavy atom. The maximum Gasteiger partial charge on any atom is 0.234 e. The number of nitrogens with one attached hydrogen (secondary N) is 1. The molecule has 1 aliphatic carbocycles. The molecule has 1 amide bonds. The third kappa shape index (κ3) is 3.82. The van der Waals surface area contributed by atoms with Crippen molar-refractivity contribution in [2.45, 2.75) is 30.9 Å². The third-order valence-electron chi connectivity index (χ3n) is 3.03. The fourth-order valence-electron chi connectivity index (χ4n) is 2.07. The van der Waals surface area contributed by atoms with Crippen molar-refractivity contribution < 1.29 is 4.79 Å². The summed E-state index contributed by atoms with van der Waals surface area (Å²) in [6.45, 7) is 0. The highest BCUT2D eigenvalue weighted by molar-refractivity contribution is 8.00. The van der Waals surface area contributed by atoms with Crippen molar-refractivity contribution in [3.8, 4) is 0 Å². The molecule has 0 radical (unpaired) electrons. The number of nitrogen functional groups attached to an aromatic ring is 1. The molecule has 0 saturated heterocycles. The lowest BCUT2D eigenvalue weighted by molar-refractivity contribution is -0.113. The molecule has 3 nitrogen and oxygen atoms in total. The van der Waals surface area contributed by atoms with Crippen LogP contribution in [-0.2, 0) is 4.79 Å². The van der Waals surface area contributed by atoms with Gasteiger partial charge in [0.1, 0.15) is 0 Å². The first-order chi connectivity index (χ1) is 8.65. The highest BCUT2D eigenvalue weighted by atomic mass is 35.5. The summed E-state index contributed by atoms with van der Waals surface area (Å²) < 4.78 is 0. The Morgan fingerprint density at radius 1 is 1.44 bits per heavy atom. The van der Waals surface area contributed by atoms with Crippen molar-refractivity contribution in [1.29, 1.82) is 0 Å². The molecule has 2 rings (SSSR count). The molecule has 98 valence electrons. The van der Waals surface area contributed by atoms with Gasteiger partial charge in [0.15, 0.2) is 0 Å². The van der Waals surface area contributed by atoms with Gasteiger partial charge >= 0.3 is 0 Å². The van der Waals surface area contributed by atoms with Crippen LogP contribution in [0, 0.1) is 0 Å². The lowest BCUT2D eigenvalue weighted by Crippen LogP contribution is -2.15. The monoisotopic (exact) mass is 284 g/mol. The Morgan fingerprint density at radius 2 is 2.17 bits per heavy atom. The first-order valence-corrected chi connectivity index (χ1v) is 7.54. The van der Waals surface area contributed by atoms with Crippen molar-refractivity contribution in [3.63, 3.8) is 0 Å². The van der Waals surface area contributed by atoms with E-state index < -0.39 is 0 Å². The van der Waals surface area contributed by atoms with Crippen LogP contribution in [0.15, 0.2) is 18.2 Å². The Hall–Kier alpha value is -0.870. The number of carbonyl (C=O) groups is 1. The molecular weight excluding hydrogens is 268 g/mol. The van der Waals surface area contributed by atoms with E-state index in [0.29, 0.717) is 27.4 Å². The highest BCUT2D eigenvalue weighted by Gasteiger charge is 2.16. The lowest BCUT2D eigenvalue weighted by atomic mass is 10.3. The predicted octanol–water partition coefficient (Wildman–Crippen LogP) is 3.54. The van der Waals surface area contributed by atoms with Crippen LogP contribution in [0.3, 0.4) is 0 Å². The fraction of sp³-hybridized carbons (Fsp3) is 0.462. The third-order valence-corrected chi connectivity index (χ3v) is 4.75. The van der Waals surface area contributed by atoms with E-state index in [1.54, 1.807) is 30.0 Å². The van der Waals surface area contributed by atoms with Crippen molar-refractivity contribution in [2.75, 3.05) is 16.8 Å². The number of benzene rings is 1. The first kappa shape index (κ1) is 13.6. The van der Waals surface area contributed by atoms with Crippen molar-refractivity contribution >= 4 is 40.6 Å². The molecular formula is C13H17ClN2OS. The normalized spacial score (nSPS) is 15.8. The Bertz CT molecular complexity index is 433. The number of rotatable bonds is 4. The van der Waals surface area contributed by atoms with Gasteiger partial charge in [0.25, 0.3) is 0 Å². The molecule has 0 unspecified atom stereocenters. The average molecular weight is 285 g/mol. The van der Waals surface area contributed by atoms with E-state index in [0.717, 1.165) is 0 Å². The van der Waals surface area contributed by atoms with E-state index in [2.05, 4.69) is 5.32 Å². The van der Waals surface area contributed by atoms with E-state index in [4.69, 9.17) is 17.3 Å². The second-order valence-electron chi connectivity index (χ2n) is 4.50. The van der Waals surface area contributed by atoms with Gasteiger partial charge in [-0.25, -0.2) is 0 Å². The smallest absolute Gasteiger partial charge is 0.234 e. The van der Waals surface area contributed by atoms with Gasteiger partial charge in [-0.1, -0.05) is 24.4 Å². The van der Waals surface area contributed by atoms with Gasteiger partial charge < -0.3 is 11.1 Å². The van der Waals surface area contributed by atoms with Crippen molar-refractivity contribution in [3.05, 3.63) is 23.2 Å². The summed E-state index contributed by atoms with van der Waals surface area (Å²) in [5.41, 5.74) is 6.87. The molecule has 1 fully saturated rings. The van der Waals surface area contributed by atoms with Gasteiger partial charge in [0, 0.05) is 10.9 Å². The summed E-state index contributed by atoms with van der Waals surface area (Å²) in [5, 5.41) is 4.00. The highest BCUT2D eigenvalue weighted by Crippen LogP contribution is 2.29. The lowest BCUT2D eigenvalue weighted by Gasteiger charge is -2.09. The van der Waals surface area contributed by atoms with Crippen LogP contribution >= 0.6 is 23.4 Å². The topological polar surface area (TPSA) is 55.1 Å². The van der Waals surface area contributed by atoms with Crippen LogP contribution in [0.1, 0.15) is 25.7 Å². The standard InChI is InChI=1S/C13H17ClN2OS/c14-11-6-5-9(7-12(11)15)16-13(17)8-18-10-3-1-2-4-10/h5-7,10H,1-4,8,15H2,(H,16,17). The Kier molecular flexibility index (Phi) is 4.78. The van der Waals surface area contributed by atoms with Crippen LogP contribution in [0.5, 0.6) is 0 Å². The van der Waals surface area contributed by atoms with Gasteiger partial charge in [-0.15, -0.1) is 11.8 Å². The minimum atomic E-state index is 0.0219. The van der Waals surface area contributed by atoms with E-state index in [1.165, 1.54) is 25.7 Å². The number of amides is 1. The van der Waals surface area contributed by atoms with E-state index in [1.807, 2.05) is 0 Å². The minimum Gasteiger partial charge on any atom is -0.397 e. The number of hydrogen-bond acceptors (Lipinski definition) is 3. The van der Waals surface area contributed by atoms with Crippen LogP contribution in [0.2, 0.25) is 5.02 Å². The Balaban J connectivity index is 1.80. The predicted molar refractivity (Wildman–Crippen MR) is 79.2 cm³/mol. The van der Waals surface area contributed by atoms with E-state index in [-0.39, 0.29) is 5.91 Å². The molecule has 1 aliphatic rings. The van der Waals surface area contributed by atoms with Gasteiger partial charge in [0.05, 0.1) is 16.5 Å². The second-order valence-corrected chi connectivity index (χ2v) is 6.20. The number of thioether (sulfide) groups is 1. The van der Waals surface area contributed by atoms with Gasteiger partial charge in [0.2, 0.25) is 5.91 Å². The quantitative estimate of drug-likeness (QED) is 0.832. The zero-order chi connectivity index (χ0) is 13.0. The molecule has 0 aromatic heterocycles. The maximum absolute atomic E-state index is 11.8. The van der Waals surface area contributed by atoms with Gasteiger partial charge in [-0.05, 0) is 31.0 Å². The molecule has 3 N–H and O–H groups in total. The van der Waals surface area contributed by atoms with Crippen molar-refractivity contribution in [1.82, 2.24) is 0 Å². The molecule has 5 heteroatoms. The zero-order valence-electron chi connectivity index (χ0n) is 10.1. The van der Waals surface area contributed by atoms with Crippen LogP contribution in [0.4, 0.5) is 11.4 Å². The summed E-state index contributed by atoms with van der Waals surface area (Å²) in [6.07, 6.45) is 5.08. The molecule has 1 aromatic carbocycles. The summed E-state index contributed by atoms with van der Waals surface area (Å²) in [7, 11) is 0. The minimum absolute atomic E-state index is 0.0219. The van der Waals surface area contributed by atoms with Crippen LogP contribution in [-0.4, -0.2) is 16.9 Å². The number of nitrogens with two attached hydrogens (primary N) is 1. The van der Waals surface area contributed by atoms with E-state index >= 15 is 0 Å². The molecule has 18 heavy (non-hydrogen) atoms. The van der Waals surface area contributed by atoms with Gasteiger partial charge in [-0.2, -0.15) is 0 Å². The second kappa shape index (κ2) is 6.34. The summed E-state index contributed by atoms with van der Waals surface area (Å²) in [6, 6.07) is 5.13. The van der Waals surface area contributed by atoms with Crippen LogP contribution < -0.4 is 11.1 Å². The van der Waals surface area contributed by atoms with E-state index in [9.17, 15) is 4.79 Å². The number of halogens is 1. The largest absolute Gasteiger partial charge is 0.397 e. The SMILES string of the molecule is Nc1cc(NC(=O)CSC2CCCC2)ccc1Cl. The summed E-state index contributed by atoms with van der Waals surface area (Å²) in [4.78, 5) is 11.8. The maximum atomic E-state index is 11.8. The number of carbonyl (C=O) groups excluding carboxylic acids is 1. The fourth-order valence-corrected chi connectivity index (χ4v) is 3.31. The molecule has 0 heterocycles. The molecule has 0 spiro atoms. The Labute approximate surface area is 116 Å². The molecule has 0 aliphatic heterocycles. The average Bonchev–Trinajstić information content (AvgIpc) is 2.84. The van der Waals surface area contributed by atoms with Crippen molar-refractivity contribution in [2.24, 2.45) is 0 Å². The molecule has 1 saturated carbocycles. The van der Waals surface area contributed by atoms with Gasteiger partial charge in [-0.3, -0.25) is 4.79 Å². The molecule has 1 aromatic rings. The molecule has 0 bridgehead atoms. The molecule has 0 atom stereocenters. The number of hydrogen-bond donors (Lipinski definition) is 2. The summed E-state index contributed by atoms with van der Waals surface area (Å²) in [5.74, 6) is 0.529. The first-order valence-electron chi connectivity index (χ1n) is 6.11. The summed E-state index contributed by atoms with van der Waals surface area (Å²) >= 11 is 7.57. The number of anilines is 2. The zero-order valence-corrected chi connectivity index (χ0v) is 11.7.